The second-order valence-electron chi connectivity index (χ2n) is 17.5. The molecule has 0 aliphatic carbocycles. The Kier molecular flexibility index (Phi) is 10.3. The van der Waals surface area contributed by atoms with Crippen LogP contribution in [0.15, 0.2) is 158 Å². The van der Waals surface area contributed by atoms with Crippen LogP contribution < -0.4 is 0 Å². The lowest BCUT2D eigenvalue weighted by atomic mass is 9.88. The first-order valence-electron chi connectivity index (χ1n) is 21.6. The van der Waals surface area contributed by atoms with E-state index in [0.29, 0.717) is 0 Å². The molecule has 0 amide bonds. The summed E-state index contributed by atoms with van der Waals surface area (Å²) in [6.45, 7) is 18.5. The number of hydrogen-bond acceptors (Lipinski definition) is 2. The van der Waals surface area contributed by atoms with Crippen LogP contribution in [0.25, 0.3) is 78.5 Å². The van der Waals surface area contributed by atoms with Crippen molar-refractivity contribution in [2.45, 2.75) is 79.1 Å². The van der Waals surface area contributed by atoms with Crippen molar-refractivity contribution in [1.29, 1.82) is 0 Å². The minimum absolute atomic E-state index is 0.278. The van der Waals surface area contributed by atoms with Gasteiger partial charge in [-0.25, -0.2) is 9.97 Å². The molecule has 0 aliphatic heterocycles. The van der Waals surface area contributed by atoms with Crippen molar-refractivity contribution in [2.24, 2.45) is 0 Å². The van der Waals surface area contributed by atoms with E-state index in [1.54, 1.807) is 0 Å². The molecule has 298 valence electrons. The van der Waals surface area contributed by atoms with E-state index in [1.807, 2.05) is 0 Å². The highest BCUT2D eigenvalue weighted by Crippen LogP contribution is 2.43. The molecule has 0 N–H and O–H groups in total. The summed E-state index contributed by atoms with van der Waals surface area (Å²) >= 11 is 0. The predicted molar refractivity (Wildman–Crippen MR) is 254 cm³/mol. The highest BCUT2D eigenvalue weighted by Gasteiger charge is 2.26. The fourth-order valence-corrected chi connectivity index (χ4v) is 8.92. The van der Waals surface area contributed by atoms with E-state index in [9.17, 15) is 0 Å². The lowest BCUT2D eigenvalue weighted by Crippen LogP contribution is -2.10. The molecule has 4 nitrogen and oxygen atoms in total. The van der Waals surface area contributed by atoms with E-state index in [4.69, 9.17) is 9.97 Å². The average molecular weight is 783 g/mol. The van der Waals surface area contributed by atoms with Crippen molar-refractivity contribution in [2.75, 3.05) is 0 Å². The van der Waals surface area contributed by atoms with E-state index in [1.165, 1.54) is 55.9 Å². The summed E-state index contributed by atoms with van der Waals surface area (Å²) in [5, 5.41) is 0. The highest BCUT2D eigenvalue weighted by molar-refractivity contribution is 5.88. The lowest BCUT2D eigenvalue weighted by molar-refractivity contribution is 0.811. The maximum atomic E-state index is 5.45. The van der Waals surface area contributed by atoms with E-state index in [2.05, 4.69) is 222 Å². The number of benzene rings is 7. The number of imidazole rings is 2. The van der Waals surface area contributed by atoms with E-state index >= 15 is 0 Å². The molecule has 60 heavy (non-hydrogen) atoms. The van der Waals surface area contributed by atoms with Crippen LogP contribution in [0, 0.1) is 0 Å². The summed E-state index contributed by atoms with van der Waals surface area (Å²) in [6.07, 6.45) is 0. The van der Waals surface area contributed by atoms with Crippen LogP contribution in [-0.2, 0) is 0 Å². The molecular weight excluding hydrogens is 729 g/mol. The number of hydrogen-bond donors (Lipinski definition) is 0. The van der Waals surface area contributed by atoms with E-state index in [0.717, 1.165) is 44.8 Å². The third-order valence-electron chi connectivity index (χ3n) is 12.0. The van der Waals surface area contributed by atoms with E-state index in [-0.39, 0.29) is 23.7 Å². The molecule has 0 unspecified atom stereocenters. The standard InChI is InChI=1S/C56H54N4/c1-35(2)45-31-43(39-20-11-9-12-21-39)32-46(36(3)4)53(45)59-51-28-17-15-26-49(51)57-55(59)41-24-19-25-42(30-41)56-58-50-27-16-18-29-52(50)60(56)54-47(37(5)6)33-44(34-48(54)38(7)8)40-22-13-10-14-23-40/h9-38H,1-8H3. The number of fused-ring (bicyclic) bond motifs is 2. The molecule has 9 aromatic rings. The minimum Gasteiger partial charge on any atom is -0.292 e. The van der Waals surface area contributed by atoms with Crippen molar-refractivity contribution in [3.63, 3.8) is 0 Å². The SMILES string of the molecule is CC(C)c1cc(-c2ccccc2)cc(C(C)C)c1-n1c(-c2cccc(-c3nc4ccccc4n3-c3c(C(C)C)cc(-c4ccccc4)cc3C(C)C)c2)nc2ccccc21. The second kappa shape index (κ2) is 15.9. The summed E-state index contributed by atoms with van der Waals surface area (Å²) in [7, 11) is 0. The number of nitrogens with zero attached hydrogens (tertiary/aromatic N) is 4. The van der Waals surface area contributed by atoms with Gasteiger partial charge in [-0.05, 0) is 123 Å². The van der Waals surface area contributed by atoms with Crippen molar-refractivity contribution in [3.8, 4) is 56.4 Å². The van der Waals surface area contributed by atoms with Crippen molar-refractivity contribution in [3.05, 3.63) is 180 Å². The van der Waals surface area contributed by atoms with Crippen LogP contribution in [0.5, 0.6) is 0 Å². The van der Waals surface area contributed by atoms with E-state index < -0.39 is 0 Å². The fraction of sp³-hybridized carbons (Fsp3) is 0.214. The van der Waals surface area contributed by atoms with Gasteiger partial charge in [-0.15, -0.1) is 0 Å². The lowest BCUT2D eigenvalue weighted by Gasteiger charge is -2.25. The Morgan fingerprint density at radius 3 is 0.983 bits per heavy atom. The van der Waals surface area contributed by atoms with Gasteiger partial charge < -0.3 is 0 Å². The fourth-order valence-electron chi connectivity index (χ4n) is 8.92. The molecule has 9 rings (SSSR count). The Hall–Kier alpha value is -6.52. The first-order valence-corrected chi connectivity index (χ1v) is 21.6. The first kappa shape index (κ1) is 39.0. The summed E-state index contributed by atoms with van der Waals surface area (Å²) in [5.74, 6) is 2.96. The Bertz CT molecular complexity index is 2720. The van der Waals surface area contributed by atoms with Crippen molar-refractivity contribution in [1.82, 2.24) is 19.1 Å². The zero-order valence-electron chi connectivity index (χ0n) is 36.1. The Morgan fingerprint density at radius 1 is 0.317 bits per heavy atom. The van der Waals surface area contributed by atoms with Crippen LogP contribution in [0.4, 0.5) is 0 Å². The van der Waals surface area contributed by atoms with Crippen LogP contribution in [-0.4, -0.2) is 19.1 Å². The Balaban J connectivity index is 1.29. The smallest absolute Gasteiger partial charge is 0.145 e. The first-order chi connectivity index (χ1) is 29.1. The average Bonchev–Trinajstić information content (AvgIpc) is 3.85. The quantitative estimate of drug-likeness (QED) is 0.138. The monoisotopic (exact) mass is 782 g/mol. The summed E-state index contributed by atoms with van der Waals surface area (Å²) in [4.78, 5) is 10.9. The summed E-state index contributed by atoms with van der Waals surface area (Å²) < 4.78 is 4.87. The predicted octanol–water partition coefficient (Wildman–Crippen LogP) is 15.5. The molecule has 0 atom stereocenters. The summed E-state index contributed by atoms with van der Waals surface area (Å²) in [6, 6.07) is 57.2. The summed E-state index contributed by atoms with van der Waals surface area (Å²) in [5.41, 5.74) is 18.9. The Morgan fingerprint density at radius 2 is 0.633 bits per heavy atom. The number of aromatic nitrogens is 4. The molecule has 0 fully saturated rings. The zero-order chi connectivity index (χ0) is 41.7. The van der Waals surface area contributed by atoms with Gasteiger partial charge in [0.15, 0.2) is 0 Å². The van der Waals surface area contributed by atoms with Gasteiger partial charge >= 0.3 is 0 Å². The molecular formula is C56H54N4. The Labute approximate surface area is 355 Å². The van der Waals surface area contributed by atoms with Crippen LogP contribution in [0.1, 0.15) is 101 Å². The topological polar surface area (TPSA) is 35.6 Å². The van der Waals surface area contributed by atoms with Crippen LogP contribution >= 0.6 is 0 Å². The number of rotatable bonds is 10. The molecule has 2 heterocycles. The molecule has 0 saturated heterocycles. The second-order valence-corrected chi connectivity index (χ2v) is 17.5. The van der Waals surface area contributed by atoms with Gasteiger partial charge in [-0.2, -0.15) is 0 Å². The third kappa shape index (κ3) is 6.94. The maximum Gasteiger partial charge on any atom is 0.145 e. The highest BCUT2D eigenvalue weighted by atomic mass is 15.1. The van der Waals surface area contributed by atoms with Gasteiger partial charge in [0.1, 0.15) is 11.6 Å². The van der Waals surface area contributed by atoms with Gasteiger partial charge in [0.2, 0.25) is 0 Å². The van der Waals surface area contributed by atoms with Gasteiger partial charge in [0, 0.05) is 11.1 Å². The van der Waals surface area contributed by atoms with Gasteiger partial charge in [0.25, 0.3) is 0 Å². The zero-order valence-corrected chi connectivity index (χ0v) is 36.1. The molecule has 0 saturated carbocycles. The molecule has 0 bridgehead atoms. The van der Waals surface area contributed by atoms with Gasteiger partial charge in [0.05, 0.1) is 33.4 Å². The number of para-hydroxylation sites is 4. The maximum absolute atomic E-state index is 5.45. The molecule has 7 aromatic carbocycles. The van der Waals surface area contributed by atoms with Crippen molar-refractivity contribution < 1.29 is 0 Å². The minimum atomic E-state index is 0.278. The normalized spacial score (nSPS) is 11.9. The van der Waals surface area contributed by atoms with Crippen molar-refractivity contribution >= 4 is 22.1 Å². The molecule has 4 heteroatoms. The largest absolute Gasteiger partial charge is 0.292 e. The third-order valence-corrected chi connectivity index (χ3v) is 12.0. The van der Waals surface area contributed by atoms with Gasteiger partial charge in [-0.3, -0.25) is 9.13 Å². The van der Waals surface area contributed by atoms with Gasteiger partial charge in [-0.1, -0.05) is 159 Å². The molecule has 0 aliphatic rings. The molecule has 2 aromatic heterocycles. The molecule has 0 spiro atoms. The van der Waals surface area contributed by atoms with Crippen LogP contribution in [0.2, 0.25) is 0 Å². The molecule has 0 radical (unpaired) electrons. The van der Waals surface area contributed by atoms with Crippen LogP contribution in [0.3, 0.4) is 0 Å².